The molecule has 0 radical (unpaired) electrons. The fraction of sp³-hybridized carbons (Fsp3) is 0.571. The molecule has 0 atom stereocenters. The molecule has 0 saturated heterocycles. The SMILES string of the molecule is CCCNCc1ccc(COCCC(F)(F)F)c(Br)c1. The molecule has 2 nitrogen and oxygen atoms in total. The Morgan fingerprint density at radius 1 is 1.30 bits per heavy atom. The third-order valence-electron chi connectivity index (χ3n) is 2.66. The van der Waals surface area contributed by atoms with E-state index in [1.54, 1.807) is 0 Å². The van der Waals surface area contributed by atoms with Gasteiger partial charge in [0.2, 0.25) is 0 Å². The molecular formula is C14H19BrF3NO. The molecule has 0 aromatic heterocycles. The van der Waals surface area contributed by atoms with Gasteiger partial charge >= 0.3 is 6.18 Å². The molecule has 20 heavy (non-hydrogen) atoms. The Bertz CT molecular complexity index is 410. The quantitative estimate of drug-likeness (QED) is 0.698. The normalized spacial score (nSPS) is 11.8. The number of benzene rings is 1. The van der Waals surface area contributed by atoms with E-state index in [0.717, 1.165) is 35.1 Å². The molecule has 6 heteroatoms. The summed E-state index contributed by atoms with van der Waals surface area (Å²) in [5, 5.41) is 3.29. The van der Waals surface area contributed by atoms with Crippen molar-refractivity contribution >= 4 is 15.9 Å². The highest BCUT2D eigenvalue weighted by Gasteiger charge is 2.26. The molecule has 0 amide bonds. The molecular weight excluding hydrogens is 335 g/mol. The fourth-order valence-corrected chi connectivity index (χ4v) is 2.14. The predicted molar refractivity (Wildman–Crippen MR) is 76.5 cm³/mol. The number of hydrogen-bond acceptors (Lipinski definition) is 2. The second-order valence-corrected chi connectivity index (χ2v) is 5.37. The van der Waals surface area contributed by atoms with Gasteiger partial charge in [0, 0.05) is 11.0 Å². The average Bonchev–Trinajstić information content (AvgIpc) is 2.36. The maximum absolute atomic E-state index is 12.0. The second-order valence-electron chi connectivity index (χ2n) is 4.52. The van der Waals surface area contributed by atoms with Crippen molar-refractivity contribution in [3.05, 3.63) is 33.8 Å². The van der Waals surface area contributed by atoms with Crippen LogP contribution in [0.3, 0.4) is 0 Å². The van der Waals surface area contributed by atoms with E-state index in [1.807, 2.05) is 18.2 Å². The Balaban J connectivity index is 2.39. The summed E-state index contributed by atoms with van der Waals surface area (Å²) < 4.78 is 41.8. The first-order valence-electron chi connectivity index (χ1n) is 6.55. The predicted octanol–water partition coefficient (Wildman–Crippen LogP) is 4.42. The Hall–Kier alpha value is -0.590. The first kappa shape index (κ1) is 17.5. The van der Waals surface area contributed by atoms with Crippen LogP contribution in [0.1, 0.15) is 30.9 Å². The van der Waals surface area contributed by atoms with Crippen LogP contribution in [-0.4, -0.2) is 19.3 Å². The lowest BCUT2D eigenvalue weighted by Gasteiger charge is -2.10. The minimum Gasteiger partial charge on any atom is -0.376 e. The molecule has 1 aromatic carbocycles. The first-order chi connectivity index (χ1) is 9.42. The van der Waals surface area contributed by atoms with Crippen molar-refractivity contribution in [1.82, 2.24) is 5.32 Å². The lowest BCUT2D eigenvalue weighted by Crippen LogP contribution is -2.14. The minimum atomic E-state index is -4.16. The number of nitrogens with one attached hydrogen (secondary N) is 1. The van der Waals surface area contributed by atoms with Crippen LogP contribution in [-0.2, 0) is 17.9 Å². The van der Waals surface area contributed by atoms with E-state index in [9.17, 15) is 13.2 Å². The van der Waals surface area contributed by atoms with Crippen LogP contribution in [0, 0.1) is 0 Å². The van der Waals surface area contributed by atoms with Crippen molar-refractivity contribution in [2.45, 2.75) is 39.1 Å². The number of halogens is 4. The number of rotatable bonds is 8. The topological polar surface area (TPSA) is 21.3 Å². The highest BCUT2D eigenvalue weighted by atomic mass is 79.9. The highest BCUT2D eigenvalue weighted by molar-refractivity contribution is 9.10. The third kappa shape index (κ3) is 7.26. The van der Waals surface area contributed by atoms with Crippen LogP contribution in [0.15, 0.2) is 22.7 Å². The maximum atomic E-state index is 12.0. The lowest BCUT2D eigenvalue weighted by atomic mass is 10.1. The molecule has 0 fully saturated rings. The van der Waals surface area contributed by atoms with Gasteiger partial charge in [-0.1, -0.05) is 35.0 Å². The summed E-state index contributed by atoms with van der Waals surface area (Å²) in [4.78, 5) is 0. The molecule has 114 valence electrons. The summed E-state index contributed by atoms with van der Waals surface area (Å²) in [6.07, 6.45) is -4.00. The van der Waals surface area contributed by atoms with Gasteiger partial charge in [-0.15, -0.1) is 0 Å². The Morgan fingerprint density at radius 3 is 2.65 bits per heavy atom. The summed E-state index contributed by atoms with van der Waals surface area (Å²) in [5.41, 5.74) is 1.98. The van der Waals surface area contributed by atoms with Crippen molar-refractivity contribution in [1.29, 1.82) is 0 Å². The Kier molecular flexibility index (Phi) is 7.55. The van der Waals surface area contributed by atoms with Gasteiger partial charge in [-0.3, -0.25) is 0 Å². The van der Waals surface area contributed by atoms with Crippen molar-refractivity contribution in [3.63, 3.8) is 0 Å². The zero-order chi connectivity index (χ0) is 15.0. The molecule has 0 unspecified atom stereocenters. The number of ether oxygens (including phenoxy) is 1. The van der Waals surface area contributed by atoms with Crippen LogP contribution in [0.4, 0.5) is 13.2 Å². The second kappa shape index (κ2) is 8.64. The summed E-state index contributed by atoms with van der Waals surface area (Å²) >= 11 is 3.42. The van der Waals surface area contributed by atoms with Crippen LogP contribution in [0.2, 0.25) is 0 Å². The summed E-state index contributed by atoms with van der Waals surface area (Å²) in [6.45, 7) is 3.71. The fourth-order valence-electron chi connectivity index (χ4n) is 1.60. The van der Waals surface area contributed by atoms with Crippen LogP contribution >= 0.6 is 15.9 Å². The van der Waals surface area contributed by atoms with Gasteiger partial charge in [-0.25, -0.2) is 0 Å². The standard InChI is InChI=1S/C14H19BrF3NO/c1-2-6-19-9-11-3-4-12(13(15)8-11)10-20-7-5-14(16,17)18/h3-4,8,19H,2,5-7,9-10H2,1H3. The molecule has 0 saturated carbocycles. The third-order valence-corrected chi connectivity index (χ3v) is 3.40. The molecule has 0 aliphatic heterocycles. The molecule has 0 aliphatic rings. The lowest BCUT2D eigenvalue weighted by molar-refractivity contribution is -0.146. The van der Waals surface area contributed by atoms with Crippen molar-refractivity contribution in [2.75, 3.05) is 13.2 Å². The van der Waals surface area contributed by atoms with Gasteiger partial charge in [0.05, 0.1) is 19.6 Å². The molecule has 0 spiro atoms. The molecule has 1 N–H and O–H groups in total. The van der Waals surface area contributed by atoms with Gasteiger partial charge in [0.1, 0.15) is 0 Å². The van der Waals surface area contributed by atoms with Crippen molar-refractivity contribution in [2.24, 2.45) is 0 Å². The number of hydrogen-bond donors (Lipinski definition) is 1. The number of alkyl halides is 3. The van der Waals surface area contributed by atoms with Crippen LogP contribution < -0.4 is 5.32 Å². The zero-order valence-electron chi connectivity index (χ0n) is 11.4. The molecule has 1 rings (SSSR count). The Labute approximate surface area is 125 Å². The first-order valence-corrected chi connectivity index (χ1v) is 7.34. The van der Waals surface area contributed by atoms with E-state index in [4.69, 9.17) is 4.74 Å². The Morgan fingerprint density at radius 2 is 2.05 bits per heavy atom. The van der Waals surface area contributed by atoms with E-state index < -0.39 is 12.6 Å². The minimum absolute atomic E-state index is 0.180. The highest BCUT2D eigenvalue weighted by Crippen LogP contribution is 2.22. The van der Waals surface area contributed by atoms with Gasteiger partial charge in [0.25, 0.3) is 0 Å². The van der Waals surface area contributed by atoms with Crippen LogP contribution in [0.5, 0.6) is 0 Å². The van der Waals surface area contributed by atoms with Gasteiger partial charge in [-0.05, 0) is 30.2 Å². The van der Waals surface area contributed by atoms with E-state index in [1.165, 1.54) is 0 Å². The maximum Gasteiger partial charge on any atom is 0.391 e. The van der Waals surface area contributed by atoms with E-state index in [0.29, 0.717) is 0 Å². The molecule has 0 bridgehead atoms. The molecule has 0 aliphatic carbocycles. The van der Waals surface area contributed by atoms with Gasteiger partial charge < -0.3 is 10.1 Å². The van der Waals surface area contributed by atoms with Crippen molar-refractivity contribution in [3.8, 4) is 0 Å². The zero-order valence-corrected chi connectivity index (χ0v) is 13.0. The monoisotopic (exact) mass is 353 g/mol. The molecule has 0 heterocycles. The van der Waals surface area contributed by atoms with Gasteiger partial charge in [-0.2, -0.15) is 13.2 Å². The van der Waals surface area contributed by atoms with Gasteiger partial charge in [0.15, 0.2) is 0 Å². The van der Waals surface area contributed by atoms with Crippen LogP contribution in [0.25, 0.3) is 0 Å². The average molecular weight is 354 g/mol. The largest absolute Gasteiger partial charge is 0.391 e. The van der Waals surface area contributed by atoms with E-state index in [2.05, 4.69) is 28.2 Å². The summed E-state index contributed by atoms with van der Waals surface area (Å²) in [6, 6.07) is 5.79. The summed E-state index contributed by atoms with van der Waals surface area (Å²) in [7, 11) is 0. The molecule has 1 aromatic rings. The van der Waals surface area contributed by atoms with E-state index >= 15 is 0 Å². The summed E-state index contributed by atoms with van der Waals surface area (Å²) in [5.74, 6) is 0. The van der Waals surface area contributed by atoms with E-state index in [-0.39, 0.29) is 13.2 Å². The van der Waals surface area contributed by atoms with Crippen molar-refractivity contribution < 1.29 is 17.9 Å². The smallest absolute Gasteiger partial charge is 0.376 e.